The first kappa shape index (κ1) is 32.2. The summed E-state index contributed by atoms with van der Waals surface area (Å²) in [6.45, 7) is 6.22. The molecule has 11 heteroatoms. The zero-order valence-electron chi connectivity index (χ0n) is 25.0. The number of benzene rings is 3. The number of hydrogen-bond acceptors (Lipinski definition) is 6. The Hall–Kier alpha value is -3.22. The summed E-state index contributed by atoms with van der Waals surface area (Å²) in [7, 11) is 2.71. The van der Waals surface area contributed by atoms with Crippen LogP contribution in [0.25, 0.3) is 0 Å². The molecule has 4 atom stereocenters. The average Bonchev–Trinajstić information content (AvgIpc) is 3.45. The Morgan fingerprint density at radius 1 is 1.09 bits per heavy atom. The van der Waals surface area contributed by atoms with Gasteiger partial charge in [-0.15, -0.1) is 0 Å². The number of amides is 2. The van der Waals surface area contributed by atoms with Crippen molar-refractivity contribution in [2.24, 2.45) is 5.41 Å². The highest BCUT2D eigenvalue weighted by atomic mass is 127. The van der Waals surface area contributed by atoms with Gasteiger partial charge in [0.2, 0.25) is 11.8 Å². The monoisotopic (exact) mass is 733 g/mol. The van der Waals surface area contributed by atoms with Crippen LogP contribution in [-0.2, 0) is 24.2 Å². The zero-order chi connectivity index (χ0) is 32.0. The number of nitrogens with one attached hydrogen (secondary N) is 3. The quantitative estimate of drug-likeness (QED) is 0.144. The molecule has 0 unspecified atom stereocenters. The molecule has 3 N–H and O–H groups in total. The molecule has 0 aliphatic carbocycles. The molecule has 232 valence electrons. The van der Waals surface area contributed by atoms with Gasteiger partial charge in [-0.2, -0.15) is 0 Å². The smallest absolute Gasteiger partial charge is 0.337 e. The first-order valence-corrected chi connectivity index (χ1v) is 16.0. The number of fused-ring (bicyclic) bond motifs is 2. The minimum atomic E-state index is -1.26. The van der Waals surface area contributed by atoms with Crippen LogP contribution in [0, 0.1) is 11.2 Å². The molecule has 0 saturated carbocycles. The van der Waals surface area contributed by atoms with E-state index in [1.165, 1.54) is 38.5 Å². The van der Waals surface area contributed by atoms with Crippen molar-refractivity contribution in [2.75, 3.05) is 24.9 Å². The topological polar surface area (TPSA) is 106 Å². The number of carbonyl (C=O) groups excluding carboxylic acids is 3. The van der Waals surface area contributed by atoms with Crippen LogP contribution in [0.4, 0.5) is 15.8 Å². The zero-order valence-corrected chi connectivity index (χ0v) is 27.9. The van der Waals surface area contributed by atoms with E-state index in [1.807, 2.05) is 12.1 Å². The van der Waals surface area contributed by atoms with Crippen molar-refractivity contribution in [2.45, 2.75) is 55.0 Å². The van der Waals surface area contributed by atoms with Crippen LogP contribution in [0.2, 0.25) is 5.02 Å². The summed E-state index contributed by atoms with van der Waals surface area (Å²) in [6.07, 6.45) is 0.536. The molecule has 1 saturated heterocycles. The van der Waals surface area contributed by atoms with Crippen molar-refractivity contribution < 1.29 is 28.2 Å². The number of rotatable bonds is 7. The minimum absolute atomic E-state index is 0.238. The summed E-state index contributed by atoms with van der Waals surface area (Å²) in [6, 6.07) is 13.1. The van der Waals surface area contributed by atoms with Gasteiger partial charge in [-0.25, -0.2) is 9.18 Å². The van der Waals surface area contributed by atoms with Crippen LogP contribution in [0.15, 0.2) is 54.6 Å². The number of methoxy groups -OCH3 is 2. The van der Waals surface area contributed by atoms with Crippen molar-refractivity contribution in [1.29, 1.82) is 0 Å². The largest absolute Gasteiger partial charge is 0.495 e. The highest BCUT2D eigenvalue weighted by molar-refractivity contribution is 14.1. The van der Waals surface area contributed by atoms with Gasteiger partial charge in [-0.05, 0) is 71.0 Å². The Morgan fingerprint density at radius 2 is 1.84 bits per heavy atom. The number of carbonyl (C=O) groups is 3. The number of esters is 1. The molecule has 0 radical (unpaired) electrons. The van der Waals surface area contributed by atoms with Crippen molar-refractivity contribution in [1.82, 2.24) is 5.32 Å². The van der Waals surface area contributed by atoms with Crippen LogP contribution in [-0.4, -0.2) is 44.1 Å². The molecule has 3 aromatic rings. The second-order valence-corrected chi connectivity index (χ2v) is 13.6. The maximum Gasteiger partial charge on any atom is 0.337 e. The van der Waals surface area contributed by atoms with Gasteiger partial charge >= 0.3 is 5.97 Å². The fourth-order valence-electron chi connectivity index (χ4n) is 6.60. The molecule has 2 heterocycles. The molecule has 5 rings (SSSR count). The lowest BCUT2D eigenvalue weighted by molar-refractivity contribution is -0.122. The van der Waals surface area contributed by atoms with Crippen molar-refractivity contribution in [3.63, 3.8) is 0 Å². The van der Waals surface area contributed by atoms with E-state index in [9.17, 15) is 14.4 Å². The molecular weight excluding hydrogens is 700 g/mol. The molecule has 2 amide bonds. The molecule has 3 aromatic carbocycles. The van der Waals surface area contributed by atoms with E-state index in [4.69, 9.17) is 21.1 Å². The van der Waals surface area contributed by atoms with E-state index in [2.05, 4.69) is 59.3 Å². The number of ether oxygens (including phenoxy) is 2. The van der Waals surface area contributed by atoms with E-state index in [0.29, 0.717) is 38.4 Å². The molecule has 2 aliphatic rings. The van der Waals surface area contributed by atoms with Gasteiger partial charge in [0.15, 0.2) is 0 Å². The molecule has 44 heavy (non-hydrogen) atoms. The molecule has 8 nitrogen and oxygen atoms in total. The van der Waals surface area contributed by atoms with Crippen LogP contribution < -0.4 is 20.7 Å². The first-order chi connectivity index (χ1) is 20.8. The summed E-state index contributed by atoms with van der Waals surface area (Å²) < 4.78 is 26.0. The Labute approximate surface area is 274 Å². The molecule has 0 bridgehead atoms. The molecule has 1 spiro atoms. The summed E-state index contributed by atoms with van der Waals surface area (Å²) in [5, 5.41) is 9.95. The number of alkyl halides is 1. The Balaban J connectivity index is 1.69. The van der Waals surface area contributed by atoms with Gasteiger partial charge in [-0.3, -0.25) is 9.59 Å². The lowest BCUT2D eigenvalue weighted by atomic mass is 9.62. The fourth-order valence-corrected chi connectivity index (χ4v) is 7.22. The average molecular weight is 734 g/mol. The van der Waals surface area contributed by atoms with Crippen LogP contribution in [0.3, 0.4) is 0 Å². The molecule has 1 fully saturated rings. The Bertz CT molecular complexity index is 1640. The lowest BCUT2D eigenvalue weighted by Crippen LogP contribution is -2.49. The maximum atomic E-state index is 15.2. The highest BCUT2D eigenvalue weighted by Crippen LogP contribution is 2.57. The second-order valence-electron chi connectivity index (χ2n) is 12.4. The fraction of sp³-hybridized carbons (Fsp3) is 0.364. The predicted octanol–water partition coefficient (Wildman–Crippen LogP) is 6.60. The van der Waals surface area contributed by atoms with Crippen molar-refractivity contribution >= 4 is 63.4 Å². The van der Waals surface area contributed by atoms with E-state index >= 15 is 4.39 Å². The lowest BCUT2D eigenvalue weighted by Gasteiger charge is -2.37. The van der Waals surface area contributed by atoms with Crippen molar-refractivity contribution in [3.8, 4) is 5.75 Å². The van der Waals surface area contributed by atoms with Gasteiger partial charge in [0.1, 0.15) is 17.0 Å². The second kappa shape index (κ2) is 12.3. The van der Waals surface area contributed by atoms with Gasteiger partial charge in [0.05, 0.1) is 31.5 Å². The number of halogens is 3. The van der Waals surface area contributed by atoms with Gasteiger partial charge in [0.25, 0.3) is 0 Å². The summed E-state index contributed by atoms with van der Waals surface area (Å²) in [4.78, 5) is 40.8. The van der Waals surface area contributed by atoms with E-state index in [1.54, 1.807) is 18.2 Å². The van der Waals surface area contributed by atoms with E-state index in [0.717, 1.165) is 5.56 Å². The first-order valence-electron chi connectivity index (χ1n) is 14.1. The highest BCUT2D eigenvalue weighted by Gasteiger charge is 2.65. The maximum absolute atomic E-state index is 15.2. The standard InChI is InChI=1S/C33H34ClFIN3O5/c1-32(2,3)15-26-33(22-8-7-20(34)14-24(22)38-31(33)42)27(19-10-17(16-36)11-21(35)12-19)28(39-26)29(40)37-23-9-6-18(30(41)44-5)13-25(23)43-4/h6-14,26-28,39H,15-16H2,1-5H3,(H,37,40)(H,38,42)/t26-,27-,28+,33+/m0/s1. The number of anilines is 2. The number of hydrogen-bond donors (Lipinski definition) is 3. The van der Waals surface area contributed by atoms with Crippen LogP contribution in [0.5, 0.6) is 5.75 Å². The van der Waals surface area contributed by atoms with Gasteiger partial charge in [-0.1, -0.05) is 67.1 Å². The predicted molar refractivity (Wildman–Crippen MR) is 176 cm³/mol. The molecule has 0 aromatic heterocycles. The Morgan fingerprint density at radius 3 is 2.50 bits per heavy atom. The van der Waals surface area contributed by atoms with E-state index in [-0.39, 0.29) is 22.6 Å². The van der Waals surface area contributed by atoms with Gasteiger partial charge < -0.3 is 25.4 Å². The third-order valence-electron chi connectivity index (χ3n) is 8.28. The molecule has 2 aliphatic heterocycles. The third-order valence-corrected chi connectivity index (χ3v) is 9.39. The molecular formula is C33H34ClFIN3O5. The summed E-state index contributed by atoms with van der Waals surface area (Å²) in [5.74, 6) is -2.25. The van der Waals surface area contributed by atoms with Crippen LogP contribution in [0.1, 0.15) is 60.2 Å². The van der Waals surface area contributed by atoms with Crippen molar-refractivity contribution in [3.05, 3.63) is 87.7 Å². The van der Waals surface area contributed by atoms with Gasteiger partial charge in [0, 0.05) is 27.1 Å². The third kappa shape index (κ3) is 5.79. The van der Waals surface area contributed by atoms with Crippen LogP contribution >= 0.6 is 34.2 Å². The Kier molecular flexibility index (Phi) is 8.99. The SMILES string of the molecule is COC(=O)c1ccc(NC(=O)[C@@H]2N[C@@H](CC(C)(C)C)[C@@]3(C(=O)Nc4cc(Cl)ccc43)[C@H]2c2cc(F)cc(CI)c2)c(OC)c1. The summed E-state index contributed by atoms with van der Waals surface area (Å²) >= 11 is 8.51. The minimum Gasteiger partial charge on any atom is -0.495 e. The summed E-state index contributed by atoms with van der Waals surface area (Å²) in [5.41, 5.74) is 1.63. The normalized spacial score (nSPS) is 22.5. The van der Waals surface area contributed by atoms with E-state index < -0.39 is 41.1 Å².